The van der Waals surface area contributed by atoms with Gasteiger partial charge >= 0.3 is 11.9 Å². The molecule has 0 aliphatic carbocycles. The summed E-state index contributed by atoms with van der Waals surface area (Å²) in [5.41, 5.74) is 3.83. The van der Waals surface area contributed by atoms with Crippen molar-refractivity contribution in [3.63, 3.8) is 0 Å². The second kappa shape index (κ2) is 7.70. The van der Waals surface area contributed by atoms with Crippen molar-refractivity contribution in [2.75, 3.05) is 52.2 Å². The molecule has 0 unspecified atom stereocenters. The van der Waals surface area contributed by atoms with E-state index in [0.717, 1.165) is 0 Å². The Morgan fingerprint density at radius 3 is 1.42 bits per heavy atom. The summed E-state index contributed by atoms with van der Waals surface area (Å²) in [5.74, 6) is -0.443. The maximum atomic E-state index is 13.1. The lowest BCUT2D eigenvalue weighted by Gasteiger charge is -2.50. The maximum Gasteiger partial charge on any atom is 0.323 e. The van der Waals surface area contributed by atoms with Crippen molar-refractivity contribution in [2.24, 2.45) is 0 Å². The van der Waals surface area contributed by atoms with Crippen LogP contribution in [0.2, 0.25) is 0 Å². The van der Waals surface area contributed by atoms with E-state index < -0.39 is 22.9 Å². The number of methoxy groups -OCH3 is 2. The molecule has 0 amide bonds. The number of anilines is 2. The smallest absolute Gasteiger partial charge is 0.323 e. The largest absolute Gasteiger partial charge is 0.468 e. The number of likely N-dealkylation sites (tertiary alicyclic amines) is 2. The van der Waals surface area contributed by atoms with Gasteiger partial charge in [0.1, 0.15) is 12.1 Å². The van der Waals surface area contributed by atoms with Gasteiger partial charge in [0, 0.05) is 36.3 Å². The first kappa shape index (κ1) is 23.3. The number of carbonyl (C=O) groups excluding carboxylic acids is 2. The van der Waals surface area contributed by atoms with Crippen LogP contribution in [-0.4, -0.2) is 88.6 Å². The number of esters is 2. The van der Waals surface area contributed by atoms with E-state index in [1.807, 2.05) is 14.1 Å². The van der Waals surface area contributed by atoms with Gasteiger partial charge in [0.05, 0.1) is 26.6 Å². The van der Waals surface area contributed by atoms with Crippen LogP contribution in [0.1, 0.15) is 24.0 Å². The average Bonchev–Trinajstić information content (AvgIpc) is 3.55. The molecular formula is C28H34N4O4. The molecule has 4 aliphatic rings. The molecule has 0 radical (unpaired) electrons. The highest BCUT2D eigenvalue weighted by Crippen LogP contribution is 2.69. The summed E-state index contributed by atoms with van der Waals surface area (Å²) in [5, 5.41) is 0. The summed E-state index contributed by atoms with van der Waals surface area (Å²) in [4.78, 5) is 35.3. The quantitative estimate of drug-likeness (QED) is 0.607. The van der Waals surface area contributed by atoms with E-state index in [1.54, 1.807) is 0 Å². The zero-order chi connectivity index (χ0) is 25.6. The third-order valence-corrected chi connectivity index (χ3v) is 9.67. The maximum absolute atomic E-state index is 13.1. The molecule has 2 aromatic carbocycles. The molecule has 2 aromatic rings. The molecule has 0 N–H and O–H groups in total. The van der Waals surface area contributed by atoms with Gasteiger partial charge in [-0.25, -0.2) is 0 Å². The summed E-state index contributed by atoms with van der Waals surface area (Å²) in [7, 11) is 11.2. The number of hydrogen-bond acceptors (Lipinski definition) is 8. The standard InChI is InChI=1S/C28H34N4O4/c1-29-19-13-9-7-11-17(19)27(15-21(23(33)35-5)31(3)25(27)29)28-16-22(24(34)36-6)32(4)26(28)30(2)20-14-10-8-12-18(20)28/h7-14,21-22,25-26H,15-16H2,1-6H3/t21-,22-,25-,26-,27+,28+/m0/s1. The molecule has 4 aliphatic heterocycles. The Morgan fingerprint density at radius 2 is 1.06 bits per heavy atom. The van der Waals surface area contributed by atoms with Gasteiger partial charge in [-0.1, -0.05) is 36.4 Å². The zero-order valence-corrected chi connectivity index (χ0v) is 21.8. The van der Waals surface area contributed by atoms with Crippen molar-refractivity contribution in [3.8, 4) is 0 Å². The Morgan fingerprint density at radius 1 is 0.694 bits per heavy atom. The summed E-state index contributed by atoms with van der Waals surface area (Å²) < 4.78 is 10.6. The highest BCUT2D eigenvalue weighted by atomic mass is 16.5. The first-order chi connectivity index (χ1) is 17.3. The van der Waals surface area contributed by atoms with E-state index in [1.165, 1.54) is 36.7 Å². The molecule has 2 saturated heterocycles. The summed E-state index contributed by atoms with van der Waals surface area (Å²) in [6.45, 7) is 0. The molecule has 4 heterocycles. The zero-order valence-electron chi connectivity index (χ0n) is 21.8. The van der Waals surface area contributed by atoms with Crippen molar-refractivity contribution in [1.29, 1.82) is 0 Å². The van der Waals surface area contributed by atoms with Crippen molar-refractivity contribution >= 4 is 23.3 Å². The lowest BCUT2D eigenvalue weighted by atomic mass is 9.54. The molecule has 6 atom stereocenters. The molecule has 8 heteroatoms. The molecule has 0 spiro atoms. The Bertz CT molecular complexity index is 1160. The second-order valence-corrected chi connectivity index (χ2v) is 10.8. The van der Waals surface area contributed by atoms with Crippen LogP contribution in [-0.2, 0) is 29.9 Å². The minimum Gasteiger partial charge on any atom is -0.468 e. The molecule has 8 nitrogen and oxygen atoms in total. The number of nitrogens with zero attached hydrogens (tertiary/aromatic N) is 4. The van der Waals surface area contributed by atoms with E-state index in [4.69, 9.17) is 9.47 Å². The van der Waals surface area contributed by atoms with Crippen molar-refractivity contribution in [1.82, 2.24) is 9.80 Å². The van der Waals surface area contributed by atoms with Crippen LogP contribution in [0.25, 0.3) is 0 Å². The first-order valence-electron chi connectivity index (χ1n) is 12.5. The van der Waals surface area contributed by atoms with Crippen LogP contribution in [0.3, 0.4) is 0 Å². The molecule has 0 bridgehead atoms. The second-order valence-electron chi connectivity index (χ2n) is 10.8. The monoisotopic (exact) mass is 490 g/mol. The van der Waals surface area contributed by atoms with Gasteiger partial charge in [0.25, 0.3) is 0 Å². The van der Waals surface area contributed by atoms with Crippen molar-refractivity contribution in [3.05, 3.63) is 59.7 Å². The van der Waals surface area contributed by atoms with Crippen molar-refractivity contribution < 1.29 is 19.1 Å². The molecule has 0 aromatic heterocycles. The van der Waals surface area contributed by atoms with Gasteiger partial charge in [-0.05, 0) is 50.2 Å². The fraction of sp³-hybridized carbons (Fsp3) is 0.500. The van der Waals surface area contributed by atoms with E-state index in [2.05, 4.69) is 82.2 Å². The lowest BCUT2D eigenvalue weighted by Crippen LogP contribution is -2.62. The van der Waals surface area contributed by atoms with E-state index in [0.29, 0.717) is 12.8 Å². The third-order valence-electron chi connectivity index (χ3n) is 9.67. The molecule has 190 valence electrons. The number of carbonyl (C=O) groups is 2. The summed E-state index contributed by atoms with van der Waals surface area (Å²) >= 11 is 0. The molecule has 0 saturated carbocycles. The number of rotatable bonds is 3. The third kappa shape index (κ3) is 2.46. The van der Waals surface area contributed by atoms with Crippen LogP contribution in [0.4, 0.5) is 11.4 Å². The lowest BCUT2D eigenvalue weighted by molar-refractivity contribution is -0.146. The molecule has 36 heavy (non-hydrogen) atoms. The van der Waals surface area contributed by atoms with Gasteiger partial charge in [-0.3, -0.25) is 19.4 Å². The topological polar surface area (TPSA) is 65.6 Å². The van der Waals surface area contributed by atoms with Crippen LogP contribution in [0, 0.1) is 0 Å². The number of ether oxygens (including phenoxy) is 2. The fourth-order valence-corrected chi connectivity index (χ4v) is 8.51. The summed E-state index contributed by atoms with van der Waals surface area (Å²) in [6, 6.07) is 16.3. The summed E-state index contributed by atoms with van der Waals surface area (Å²) in [6.07, 6.45) is 1.02. The van der Waals surface area contributed by atoms with Crippen LogP contribution >= 0.6 is 0 Å². The molecule has 6 rings (SSSR count). The highest BCUT2D eigenvalue weighted by Gasteiger charge is 2.76. The first-order valence-corrected chi connectivity index (χ1v) is 12.5. The van der Waals surface area contributed by atoms with Crippen LogP contribution in [0.15, 0.2) is 48.5 Å². The Hall–Kier alpha value is -3.10. The van der Waals surface area contributed by atoms with E-state index in [-0.39, 0.29) is 24.3 Å². The number of hydrogen-bond donors (Lipinski definition) is 0. The average molecular weight is 491 g/mol. The number of para-hydroxylation sites is 2. The molecular weight excluding hydrogens is 456 g/mol. The van der Waals surface area contributed by atoms with Gasteiger partial charge in [-0.2, -0.15) is 0 Å². The fourth-order valence-electron chi connectivity index (χ4n) is 8.51. The molecule has 2 fully saturated rings. The SMILES string of the molecule is COC(=O)[C@@H]1C[C@@]2([C@@]34C[C@@H](C(=O)OC)N(C)[C@@H]3N(C)c3ccccc34)c3ccccc3N(C)[C@H]2N1C. The van der Waals surface area contributed by atoms with E-state index >= 15 is 0 Å². The van der Waals surface area contributed by atoms with Gasteiger partial charge < -0.3 is 19.3 Å². The minimum atomic E-state index is -0.478. The van der Waals surface area contributed by atoms with Gasteiger partial charge in [-0.15, -0.1) is 0 Å². The predicted molar refractivity (Wildman–Crippen MR) is 137 cm³/mol. The number of likely N-dealkylation sites (N-methyl/N-ethyl adjacent to an activating group) is 4. The van der Waals surface area contributed by atoms with Gasteiger partial charge in [0.2, 0.25) is 0 Å². The minimum absolute atomic E-state index is 0.0918. The van der Waals surface area contributed by atoms with Crippen LogP contribution in [0.5, 0.6) is 0 Å². The predicted octanol–water partition coefficient (Wildman–Crippen LogP) is 2.17. The normalized spacial score (nSPS) is 34.8. The Labute approximate surface area is 212 Å². The van der Waals surface area contributed by atoms with Crippen LogP contribution < -0.4 is 9.80 Å². The Balaban J connectivity index is 1.69. The van der Waals surface area contributed by atoms with E-state index in [9.17, 15) is 9.59 Å². The number of benzene rings is 2. The Kier molecular flexibility index (Phi) is 4.98. The van der Waals surface area contributed by atoms with Crippen molar-refractivity contribution in [2.45, 2.75) is 48.1 Å². The van der Waals surface area contributed by atoms with Gasteiger partial charge in [0.15, 0.2) is 0 Å². The highest BCUT2D eigenvalue weighted by molar-refractivity contribution is 5.83. The number of fused-ring (bicyclic) bond motifs is 7.